The SMILES string of the molecule is CNC(=O)c1nc(N2CCCc3cc(-c4cnn(C)c4)c(C(F)F)cc32)c2ccccc2n1. The van der Waals surface area contributed by atoms with E-state index in [2.05, 4.69) is 20.4 Å². The summed E-state index contributed by atoms with van der Waals surface area (Å²) >= 11 is 0. The first-order chi connectivity index (χ1) is 16.0. The lowest BCUT2D eigenvalue weighted by atomic mass is 9.93. The van der Waals surface area contributed by atoms with Gasteiger partial charge in [-0.05, 0) is 48.2 Å². The van der Waals surface area contributed by atoms with Gasteiger partial charge in [0.2, 0.25) is 5.82 Å². The third-order valence-corrected chi connectivity index (χ3v) is 5.89. The predicted octanol–water partition coefficient (Wildman–Crippen LogP) is 4.41. The maximum absolute atomic E-state index is 14.2. The lowest BCUT2D eigenvalue weighted by molar-refractivity contribution is 0.0953. The summed E-state index contributed by atoms with van der Waals surface area (Å²) in [4.78, 5) is 23.2. The quantitative estimate of drug-likeness (QED) is 0.501. The molecule has 1 aliphatic heterocycles. The van der Waals surface area contributed by atoms with E-state index in [-0.39, 0.29) is 11.4 Å². The monoisotopic (exact) mass is 448 g/mol. The van der Waals surface area contributed by atoms with Crippen LogP contribution in [0.5, 0.6) is 0 Å². The van der Waals surface area contributed by atoms with E-state index in [1.807, 2.05) is 35.2 Å². The second-order valence-corrected chi connectivity index (χ2v) is 7.99. The van der Waals surface area contributed by atoms with Crippen molar-refractivity contribution in [1.82, 2.24) is 25.1 Å². The molecule has 5 rings (SSSR count). The topological polar surface area (TPSA) is 75.9 Å². The maximum Gasteiger partial charge on any atom is 0.288 e. The normalized spacial score (nSPS) is 13.4. The second-order valence-electron chi connectivity index (χ2n) is 7.99. The fourth-order valence-corrected chi connectivity index (χ4v) is 4.34. The molecular weight excluding hydrogens is 426 g/mol. The summed E-state index contributed by atoms with van der Waals surface area (Å²) in [7, 11) is 3.28. The van der Waals surface area contributed by atoms with Gasteiger partial charge in [0, 0.05) is 49.0 Å². The Hall–Kier alpha value is -3.88. The number of fused-ring (bicyclic) bond motifs is 2. The van der Waals surface area contributed by atoms with Crippen LogP contribution in [0.1, 0.15) is 34.6 Å². The van der Waals surface area contributed by atoms with E-state index in [9.17, 15) is 13.6 Å². The number of nitrogens with zero attached hydrogens (tertiary/aromatic N) is 5. The number of rotatable bonds is 4. The molecule has 7 nitrogen and oxygen atoms in total. The van der Waals surface area contributed by atoms with E-state index >= 15 is 0 Å². The van der Waals surface area contributed by atoms with Crippen LogP contribution in [0.2, 0.25) is 0 Å². The number of halogens is 2. The molecule has 0 saturated carbocycles. The Morgan fingerprint density at radius 3 is 2.73 bits per heavy atom. The van der Waals surface area contributed by atoms with Crippen molar-refractivity contribution in [3.05, 3.63) is 65.7 Å². The van der Waals surface area contributed by atoms with Crippen LogP contribution in [0.4, 0.5) is 20.3 Å². The third-order valence-electron chi connectivity index (χ3n) is 5.89. The number of benzene rings is 2. The molecule has 2 aromatic heterocycles. The summed E-state index contributed by atoms with van der Waals surface area (Å²) in [6.45, 7) is 0.593. The molecule has 1 N–H and O–H groups in total. The van der Waals surface area contributed by atoms with E-state index in [4.69, 9.17) is 0 Å². The highest BCUT2D eigenvalue weighted by atomic mass is 19.3. The number of para-hydroxylation sites is 1. The van der Waals surface area contributed by atoms with Crippen molar-refractivity contribution in [3.8, 4) is 11.1 Å². The zero-order valence-corrected chi connectivity index (χ0v) is 18.2. The Balaban J connectivity index is 1.71. The van der Waals surface area contributed by atoms with Crippen molar-refractivity contribution < 1.29 is 13.6 Å². The van der Waals surface area contributed by atoms with Crippen molar-refractivity contribution in [2.24, 2.45) is 7.05 Å². The van der Waals surface area contributed by atoms with Gasteiger partial charge in [0.1, 0.15) is 5.82 Å². The predicted molar refractivity (Wildman–Crippen MR) is 122 cm³/mol. The summed E-state index contributed by atoms with van der Waals surface area (Å²) < 4.78 is 29.9. The molecule has 0 spiro atoms. The van der Waals surface area contributed by atoms with Crippen molar-refractivity contribution in [2.75, 3.05) is 18.5 Å². The summed E-state index contributed by atoms with van der Waals surface area (Å²) in [6.07, 6.45) is 2.26. The number of hydrogen-bond acceptors (Lipinski definition) is 5. The molecule has 4 aromatic rings. The number of nitrogens with one attached hydrogen (secondary N) is 1. The first-order valence-electron chi connectivity index (χ1n) is 10.7. The molecule has 1 aliphatic rings. The molecule has 3 heterocycles. The Kier molecular flexibility index (Phi) is 5.24. The van der Waals surface area contributed by atoms with Crippen molar-refractivity contribution in [3.63, 3.8) is 0 Å². The fourth-order valence-electron chi connectivity index (χ4n) is 4.34. The highest BCUT2D eigenvalue weighted by Gasteiger charge is 2.27. The first-order valence-corrected chi connectivity index (χ1v) is 10.7. The van der Waals surface area contributed by atoms with Gasteiger partial charge in [-0.25, -0.2) is 18.7 Å². The highest BCUT2D eigenvalue weighted by Crippen LogP contribution is 2.42. The number of anilines is 2. The average Bonchev–Trinajstić information content (AvgIpc) is 3.27. The van der Waals surface area contributed by atoms with Crippen LogP contribution in [-0.4, -0.2) is 39.2 Å². The van der Waals surface area contributed by atoms with Gasteiger partial charge in [-0.3, -0.25) is 9.48 Å². The van der Waals surface area contributed by atoms with Gasteiger partial charge in [-0.1, -0.05) is 12.1 Å². The number of carbonyl (C=O) groups is 1. The lowest BCUT2D eigenvalue weighted by Crippen LogP contribution is -2.28. The minimum absolute atomic E-state index is 0.0411. The molecule has 0 unspecified atom stereocenters. The Morgan fingerprint density at radius 2 is 2.00 bits per heavy atom. The van der Waals surface area contributed by atoms with Crippen LogP contribution in [-0.2, 0) is 13.5 Å². The molecule has 2 aromatic carbocycles. The molecule has 0 aliphatic carbocycles. The molecule has 1 amide bonds. The average molecular weight is 448 g/mol. The van der Waals surface area contributed by atoms with E-state index in [0.717, 1.165) is 23.8 Å². The Bertz CT molecular complexity index is 1370. The highest BCUT2D eigenvalue weighted by molar-refractivity contribution is 5.98. The zero-order valence-electron chi connectivity index (χ0n) is 18.2. The van der Waals surface area contributed by atoms with Crippen LogP contribution in [0.25, 0.3) is 22.0 Å². The fraction of sp³-hybridized carbons (Fsp3) is 0.250. The number of alkyl halides is 2. The summed E-state index contributed by atoms with van der Waals surface area (Å²) in [5.41, 5.74) is 3.33. The summed E-state index contributed by atoms with van der Waals surface area (Å²) in [6, 6.07) is 10.8. The number of aromatic nitrogens is 4. The zero-order chi connectivity index (χ0) is 23.1. The standard InChI is InChI=1S/C24H22F2N6O/c1-27-24(33)22-29-19-8-4-3-7-16(19)23(30-22)32-9-5-6-14-10-17(15-12-28-31(2)13-15)18(21(25)26)11-20(14)32/h3-4,7-8,10-13,21H,5-6,9H2,1-2H3,(H,27,33). The molecule has 0 bridgehead atoms. The molecule has 0 fully saturated rings. The van der Waals surface area contributed by atoms with E-state index < -0.39 is 12.3 Å². The number of amides is 1. The van der Waals surface area contributed by atoms with Crippen LogP contribution in [0.3, 0.4) is 0 Å². The first kappa shape index (κ1) is 21.0. The van der Waals surface area contributed by atoms with Gasteiger partial charge < -0.3 is 10.2 Å². The van der Waals surface area contributed by atoms with Gasteiger partial charge in [0.05, 0.1) is 11.7 Å². The molecule has 9 heteroatoms. The van der Waals surface area contributed by atoms with Crippen LogP contribution in [0, 0.1) is 0 Å². The molecule has 168 valence electrons. The Morgan fingerprint density at radius 1 is 1.18 bits per heavy atom. The van der Waals surface area contributed by atoms with Crippen molar-refractivity contribution >= 4 is 28.3 Å². The molecule has 0 atom stereocenters. The molecule has 0 radical (unpaired) electrons. The third kappa shape index (κ3) is 3.69. The van der Waals surface area contributed by atoms with Crippen LogP contribution < -0.4 is 10.2 Å². The van der Waals surface area contributed by atoms with E-state index in [1.165, 1.54) is 7.05 Å². The minimum atomic E-state index is -2.65. The van der Waals surface area contributed by atoms with Gasteiger partial charge in [0.15, 0.2) is 0 Å². The van der Waals surface area contributed by atoms with E-state index in [0.29, 0.717) is 34.7 Å². The van der Waals surface area contributed by atoms with Gasteiger partial charge in [-0.2, -0.15) is 5.10 Å². The number of aryl methyl sites for hydroxylation is 2. The summed E-state index contributed by atoms with van der Waals surface area (Å²) in [5.74, 6) is 0.174. The van der Waals surface area contributed by atoms with Gasteiger partial charge in [-0.15, -0.1) is 0 Å². The van der Waals surface area contributed by atoms with Gasteiger partial charge >= 0.3 is 0 Å². The van der Waals surface area contributed by atoms with Crippen LogP contribution >= 0.6 is 0 Å². The van der Waals surface area contributed by atoms with Crippen molar-refractivity contribution in [2.45, 2.75) is 19.3 Å². The minimum Gasteiger partial charge on any atom is -0.352 e. The molecular formula is C24H22F2N6O. The smallest absolute Gasteiger partial charge is 0.288 e. The number of carbonyl (C=O) groups excluding carboxylic acids is 1. The van der Waals surface area contributed by atoms with Crippen LogP contribution in [0.15, 0.2) is 48.8 Å². The van der Waals surface area contributed by atoms with E-state index in [1.54, 1.807) is 30.2 Å². The van der Waals surface area contributed by atoms with Gasteiger partial charge in [0.25, 0.3) is 12.3 Å². The Labute approximate surface area is 189 Å². The maximum atomic E-state index is 14.2. The van der Waals surface area contributed by atoms with Crippen molar-refractivity contribution in [1.29, 1.82) is 0 Å². The molecule has 0 saturated heterocycles. The largest absolute Gasteiger partial charge is 0.352 e. The second kappa shape index (κ2) is 8.23. The lowest BCUT2D eigenvalue weighted by Gasteiger charge is -2.32. The molecule has 33 heavy (non-hydrogen) atoms. The summed E-state index contributed by atoms with van der Waals surface area (Å²) in [5, 5.41) is 7.46. The number of hydrogen-bond donors (Lipinski definition) is 1.